The topological polar surface area (TPSA) is 43.5 Å². The SMILES string of the molecule is CCCC(c1c(C)ccc(C(C)(C)C)c1OCC1CO1)c1c(C)ccc(C(C)(C)C)c1OCC1CO1. The molecule has 2 heterocycles. The van der Waals surface area contributed by atoms with Crippen molar-refractivity contribution in [3.05, 3.63) is 57.6 Å². The van der Waals surface area contributed by atoms with Gasteiger partial charge in [0, 0.05) is 17.0 Å². The number of hydrogen-bond acceptors (Lipinski definition) is 4. The average Bonchev–Trinajstić information content (AvgIpc) is 3.69. The van der Waals surface area contributed by atoms with E-state index in [0.717, 1.165) is 37.6 Å². The highest BCUT2D eigenvalue weighted by Crippen LogP contribution is 2.48. The maximum atomic E-state index is 6.65. The van der Waals surface area contributed by atoms with Gasteiger partial charge in [-0.3, -0.25) is 0 Å². The molecule has 4 nitrogen and oxygen atoms in total. The van der Waals surface area contributed by atoms with E-state index >= 15 is 0 Å². The first-order valence-corrected chi connectivity index (χ1v) is 13.7. The number of benzene rings is 2. The molecule has 0 aliphatic carbocycles. The van der Waals surface area contributed by atoms with Crippen LogP contribution >= 0.6 is 0 Å². The molecule has 198 valence electrons. The Hall–Kier alpha value is -2.04. The Bertz CT molecular complexity index is 982. The molecule has 0 N–H and O–H groups in total. The van der Waals surface area contributed by atoms with Crippen molar-refractivity contribution in [3.63, 3.8) is 0 Å². The Morgan fingerprint density at radius 1 is 0.750 bits per heavy atom. The average molecular weight is 495 g/mol. The second-order valence-corrected chi connectivity index (χ2v) is 12.7. The first-order chi connectivity index (χ1) is 16.9. The van der Waals surface area contributed by atoms with Gasteiger partial charge in [0.1, 0.15) is 36.9 Å². The molecule has 4 rings (SSSR count). The van der Waals surface area contributed by atoms with Crippen LogP contribution in [-0.2, 0) is 20.3 Å². The van der Waals surface area contributed by atoms with E-state index in [1.165, 1.54) is 33.4 Å². The highest BCUT2D eigenvalue weighted by Gasteiger charge is 2.34. The summed E-state index contributed by atoms with van der Waals surface area (Å²) >= 11 is 0. The van der Waals surface area contributed by atoms with Crippen LogP contribution in [0.5, 0.6) is 11.5 Å². The highest BCUT2D eigenvalue weighted by molar-refractivity contribution is 5.59. The molecule has 2 aromatic carbocycles. The molecule has 2 unspecified atom stereocenters. The van der Waals surface area contributed by atoms with Crippen LogP contribution in [0.3, 0.4) is 0 Å². The predicted molar refractivity (Wildman–Crippen MR) is 147 cm³/mol. The second kappa shape index (κ2) is 10.4. The zero-order chi connectivity index (χ0) is 26.3. The van der Waals surface area contributed by atoms with E-state index in [9.17, 15) is 0 Å². The number of hydrogen-bond donors (Lipinski definition) is 0. The molecule has 2 aliphatic heterocycles. The van der Waals surface area contributed by atoms with Crippen LogP contribution in [0.15, 0.2) is 24.3 Å². The molecule has 2 aromatic rings. The summed E-state index contributed by atoms with van der Waals surface area (Å²) in [6.07, 6.45) is 2.51. The van der Waals surface area contributed by atoms with E-state index in [1.807, 2.05) is 0 Å². The third-order valence-corrected chi connectivity index (χ3v) is 7.35. The van der Waals surface area contributed by atoms with E-state index in [2.05, 4.69) is 86.6 Å². The van der Waals surface area contributed by atoms with Crippen molar-refractivity contribution >= 4 is 0 Å². The molecule has 2 aliphatic rings. The Kier molecular flexibility index (Phi) is 7.78. The quantitative estimate of drug-likeness (QED) is 0.323. The molecule has 36 heavy (non-hydrogen) atoms. The minimum Gasteiger partial charge on any atom is -0.490 e. The Balaban J connectivity index is 1.93. The van der Waals surface area contributed by atoms with Gasteiger partial charge in [-0.1, -0.05) is 79.2 Å². The van der Waals surface area contributed by atoms with Gasteiger partial charge in [-0.05, 0) is 53.4 Å². The van der Waals surface area contributed by atoms with Gasteiger partial charge in [0.25, 0.3) is 0 Å². The molecule has 0 amide bonds. The van der Waals surface area contributed by atoms with Gasteiger partial charge in [-0.2, -0.15) is 0 Å². The van der Waals surface area contributed by atoms with Crippen molar-refractivity contribution in [3.8, 4) is 11.5 Å². The Morgan fingerprint density at radius 3 is 1.44 bits per heavy atom. The van der Waals surface area contributed by atoms with Gasteiger partial charge in [0.15, 0.2) is 0 Å². The summed E-state index contributed by atoms with van der Waals surface area (Å²) in [4.78, 5) is 0. The first kappa shape index (κ1) is 27.0. The predicted octanol–water partition coefficient (Wildman–Crippen LogP) is 7.39. The van der Waals surface area contributed by atoms with E-state index in [-0.39, 0.29) is 29.0 Å². The van der Waals surface area contributed by atoms with Crippen LogP contribution in [-0.4, -0.2) is 38.6 Å². The van der Waals surface area contributed by atoms with Crippen LogP contribution in [0.25, 0.3) is 0 Å². The van der Waals surface area contributed by atoms with Crippen molar-refractivity contribution in [2.75, 3.05) is 26.4 Å². The number of rotatable bonds is 10. The molecule has 0 bridgehead atoms. The zero-order valence-corrected chi connectivity index (χ0v) is 23.9. The highest BCUT2D eigenvalue weighted by atomic mass is 16.6. The minimum atomic E-state index is -0.0378. The van der Waals surface area contributed by atoms with Crippen LogP contribution in [0.2, 0.25) is 0 Å². The fraction of sp³-hybridized carbons (Fsp3) is 0.625. The summed E-state index contributed by atoms with van der Waals surface area (Å²) in [5, 5.41) is 0. The molecule has 2 fully saturated rings. The van der Waals surface area contributed by atoms with Crippen LogP contribution in [0.4, 0.5) is 0 Å². The van der Waals surface area contributed by atoms with Gasteiger partial charge in [-0.15, -0.1) is 0 Å². The summed E-state index contributed by atoms with van der Waals surface area (Å²) in [6.45, 7) is 23.1. The Labute approximate surface area is 218 Å². The van der Waals surface area contributed by atoms with Crippen molar-refractivity contribution in [1.82, 2.24) is 0 Å². The van der Waals surface area contributed by atoms with E-state index in [0.29, 0.717) is 13.2 Å². The molecular weight excluding hydrogens is 448 g/mol. The largest absolute Gasteiger partial charge is 0.490 e. The van der Waals surface area contributed by atoms with Crippen molar-refractivity contribution < 1.29 is 18.9 Å². The summed E-state index contributed by atoms with van der Waals surface area (Å²) in [6, 6.07) is 9.07. The van der Waals surface area contributed by atoms with Gasteiger partial charge in [-0.25, -0.2) is 0 Å². The summed E-state index contributed by atoms with van der Waals surface area (Å²) in [5.41, 5.74) is 7.56. The fourth-order valence-corrected chi connectivity index (χ4v) is 5.16. The molecule has 4 heteroatoms. The van der Waals surface area contributed by atoms with Gasteiger partial charge < -0.3 is 18.9 Å². The van der Waals surface area contributed by atoms with Gasteiger partial charge >= 0.3 is 0 Å². The lowest BCUT2D eigenvalue weighted by Gasteiger charge is -2.33. The fourth-order valence-electron chi connectivity index (χ4n) is 5.16. The Morgan fingerprint density at radius 2 is 1.14 bits per heavy atom. The third-order valence-electron chi connectivity index (χ3n) is 7.35. The maximum Gasteiger partial charge on any atom is 0.127 e. The first-order valence-electron chi connectivity index (χ1n) is 13.7. The van der Waals surface area contributed by atoms with E-state index in [1.54, 1.807) is 0 Å². The maximum absolute atomic E-state index is 6.65. The van der Waals surface area contributed by atoms with E-state index < -0.39 is 0 Å². The van der Waals surface area contributed by atoms with Crippen LogP contribution in [0.1, 0.15) is 101 Å². The number of epoxide rings is 2. The van der Waals surface area contributed by atoms with E-state index in [4.69, 9.17) is 18.9 Å². The molecule has 0 radical (unpaired) electrons. The smallest absolute Gasteiger partial charge is 0.127 e. The lowest BCUT2D eigenvalue weighted by molar-refractivity contribution is 0.251. The summed E-state index contributed by atoms with van der Waals surface area (Å²) in [5.74, 6) is 2.24. The molecule has 0 saturated carbocycles. The lowest BCUT2D eigenvalue weighted by Crippen LogP contribution is -2.21. The van der Waals surface area contributed by atoms with Gasteiger partial charge in [0.2, 0.25) is 0 Å². The lowest BCUT2D eigenvalue weighted by atomic mass is 9.75. The molecule has 2 atom stereocenters. The van der Waals surface area contributed by atoms with Gasteiger partial charge in [0.05, 0.1) is 13.2 Å². The zero-order valence-electron chi connectivity index (χ0n) is 23.9. The summed E-state index contributed by atoms with van der Waals surface area (Å²) in [7, 11) is 0. The normalized spacial score (nSPS) is 20.2. The molecular formula is C32H46O4. The van der Waals surface area contributed by atoms with Crippen LogP contribution in [0, 0.1) is 13.8 Å². The summed E-state index contributed by atoms with van der Waals surface area (Å²) < 4.78 is 24.3. The minimum absolute atomic E-state index is 0.0378. The second-order valence-electron chi connectivity index (χ2n) is 12.7. The molecule has 0 aromatic heterocycles. The van der Waals surface area contributed by atoms with Crippen molar-refractivity contribution in [2.45, 2.75) is 104 Å². The molecule has 0 spiro atoms. The van der Waals surface area contributed by atoms with Crippen molar-refractivity contribution in [2.24, 2.45) is 0 Å². The van der Waals surface area contributed by atoms with Crippen molar-refractivity contribution in [1.29, 1.82) is 0 Å². The molecule has 2 saturated heterocycles. The standard InChI is InChI=1S/C32H46O4/c1-10-11-24(27-20(2)12-14-25(31(4,5)6)29(27)35-18-22-16-33-22)28-21(3)13-15-26(32(7,8)9)30(28)36-19-23-17-34-23/h12-15,22-24H,10-11,16-19H2,1-9H3. The van der Waals surface area contributed by atoms with Crippen LogP contribution < -0.4 is 9.47 Å². The third kappa shape index (κ3) is 6.08. The number of ether oxygens (including phenoxy) is 4. The monoisotopic (exact) mass is 494 g/mol. The number of aryl methyl sites for hydroxylation is 2.